The largest absolute Gasteiger partial charge is 0.482 e. The number of hydrogen-bond donors (Lipinski definition) is 3. The van der Waals surface area contributed by atoms with Gasteiger partial charge < -0.3 is 15.0 Å². The lowest BCUT2D eigenvalue weighted by molar-refractivity contribution is -0.125. The highest BCUT2D eigenvalue weighted by Gasteiger charge is 2.35. The van der Waals surface area contributed by atoms with Gasteiger partial charge in [0.15, 0.2) is 6.61 Å². The number of hydrazine groups is 1. The van der Waals surface area contributed by atoms with Crippen LogP contribution in [-0.2, 0) is 14.4 Å². The van der Waals surface area contributed by atoms with E-state index in [4.69, 9.17) is 4.74 Å². The van der Waals surface area contributed by atoms with E-state index < -0.39 is 11.7 Å². The van der Waals surface area contributed by atoms with E-state index in [1.807, 2.05) is 18.2 Å². The normalized spacial score (nSPS) is 15.0. The topological polar surface area (TPSA) is 99.8 Å². The Kier molecular flexibility index (Phi) is 7.61. The molecule has 35 heavy (non-hydrogen) atoms. The van der Waals surface area contributed by atoms with Gasteiger partial charge in [0.2, 0.25) is 11.8 Å². The molecule has 0 aromatic heterocycles. The summed E-state index contributed by atoms with van der Waals surface area (Å²) < 4.78 is 19.6. The van der Waals surface area contributed by atoms with Crippen molar-refractivity contribution in [3.05, 3.63) is 83.1 Å². The number of hydrogen-bond acceptors (Lipinski definition) is 5. The summed E-state index contributed by atoms with van der Waals surface area (Å²) in [5.41, 5.74) is 7.05. The van der Waals surface area contributed by atoms with Gasteiger partial charge in [-0.25, -0.2) is 4.39 Å². The molecule has 3 N–H and O–H groups in total. The van der Waals surface area contributed by atoms with Gasteiger partial charge >= 0.3 is 0 Å². The van der Waals surface area contributed by atoms with Crippen molar-refractivity contribution in [1.29, 1.82) is 0 Å². The molecule has 1 fully saturated rings. The van der Waals surface area contributed by atoms with Gasteiger partial charge in [-0.2, -0.15) is 0 Å². The first-order chi connectivity index (χ1) is 16.9. The van der Waals surface area contributed by atoms with Gasteiger partial charge in [-0.15, -0.1) is 0 Å². The molecule has 0 radical (unpaired) electrons. The summed E-state index contributed by atoms with van der Waals surface area (Å²) in [6, 6.07) is 19.7. The van der Waals surface area contributed by atoms with Gasteiger partial charge in [0, 0.05) is 28.8 Å². The maximum atomic E-state index is 13.2. The molecule has 3 amide bonds. The third-order valence-electron chi connectivity index (χ3n) is 5.31. The zero-order chi connectivity index (χ0) is 24.8. The molecule has 3 aromatic carbocycles. The van der Waals surface area contributed by atoms with Gasteiger partial charge in [0.25, 0.3) is 5.91 Å². The molecule has 0 unspecified atom stereocenters. The van der Waals surface area contributed by atoms with Crippen molar-refractivity contribution in [1.82, 2.24) is 5.43 Å². The smallest absolute Gasteiger partial charge is 0.262 e. The fourth-order valence-electron chi connectivity index (χ4n) is 3.57. The number of carbonyl (C=O) groups is 3. The lowest BCUT2D eigenvalue weighted by Gasteiger charge is -2.18. The summed E-state index contributed by atoms with van der Waals surface area (Å²) in [5, 5.41) is 2.73. The van der Waals surface area contributed by atoms with Crippen molar-refractivity contribution in [3.63, 3.8) is 0 Å². The molecule has 0 spiro atoms. The van der Waals surface area contributed by atoms with Gasteiger partial charge in [-0.05, 0) is 54.6 Å². The van der Waals surface area contributed by atoms with E-state index in [1.165, 1.54) is 29.2 Å². The predicted molar refractivity (Wildman–Crippen MR) is 133 cm³/mol. The first-order valence-electron chi connectivity index (χ1n) is 10.8. The molecule has 180 valence electrons. The number of nitrogens with zero attached hydrogens (tertiary/aromatic N) is 1. The second-order valence-electron chi connectivity index (χ2n) is 7.84. The molecule has 0 saturated carbocycles. The number of amides is 3. The van der Waals surface area contributed by atoms with Crippen LogP contribution >= 0.6 is 15.9 Å². The highest BCUT2D eigenvalue weighted by Crippen LogP contribution is 2.29. The number of halogens is 2. The third-order valence-corrected chi connectivity index (χ3v) is 5.81. The van der Waals surface area contributed by atoms with E-state index in [-0.39, 0.29) is 37.3 Å². The van der Waals surface area contributed by atoms with E-state index in [0.29, 0.717) is 22.8 Å². The summed E-state index contributed by atoms with van der Waals surface area (Å²) in [7, 11) is 0. The third kappa shape index (κ3) is 6.36. The maximum Gasteiger partial charge on any atom is 0.262 e. The van der Waals surface area contributed by atoms with Crippen LogP contribution in [0.2, 0.25) is 0 Å². The lowest BCUT2D eigenvalue weighted by atomic mass is 10.1. The SMILES string of the molecule is O=C(COc1ccc(Br)cc1NNC(=O)[C@H]1CC(=O)N(c2ccc(F)cc2)C1)Nc1ccccc1. The van der Waals surface area contributed by atoms with Crippen molar-refractivity contribution in [2.75, 3.05) is 28.8 Å². The summed E-state index contributed by atoms with van der Waals surface area (Å²) >= 11 is 3.38. The number of carbonyl (C=O) groups excluding carboxylic acids is 3. The Morgan fingerprint density at radius 3 is 2.54 bits per heavy atom. The van der Waals surface area contributed by atoms with E-state index in [1.54, 1.807) is 30.3 Å². The minimum absolute atomic E-state index is 0.0341. The van der Waals surface area contributed by atoms with Crippen molar-refractivity contribution >= 4 is 50.7 Å². The molecule has 4 rings (SSSR count). The van der Waals surface area contributed by atoms with Gasteiger partial charge in [0.05, 0.1) is 11.6 Å². The number of nitrogens with one attached hydrogen (secondary N) is 3. The zero-order valence-corrected chi connectivity index (χ0v) is 20.0. The minimum Gasteiger partial charge on any atom is -0.482 e. The average molecular weight is 541 g/mol. The number of ether oxygens (including phenoxy) is 1. The summed E-state index contributed by atoms with van der Waals surface area (Å²) in [4.78, 5) is 38.8. The quantitative estimate of drug-likeness (QED) is 0.373. The Bertz CT molecular complexity index is 1220. The summed E-state index contributed by atoms with van der Waals surface area (Å²) in [6.07, 6.45) is 0.0341. The maximum absolute atomic E-state index is 13.2. The molecule has 10 heteroatoms. The molecular formula is C25H22BrFN4O4. The molecule has 1 aliphatic heterocycles. The highest BCUT2D eigenvalue weighted by molar-refractivity contribution is 9.10. The molecule has 1 atom stereocenters. The van der Waals surface area contributed by atoms with Crippen LogP contribution in [0.5, 0.6) is 5.75 Å². The lowest BCUT2D eigenvalue weighted by Crippen LogP contribution is -2.36. The number of rotatable bonds is 8. The van der Waals surface area contributed by atoms with Crippen molar-refractivity contribution in [3.8, 4) is 5.75 Å². The monoisotopic (exact) mass is 540 g/mol. The second kappa shape index (κ2) is 11.0. The number of para-hydroxylation sites is 1. The molecule has 3 aromatic rings. The standard InChI is InChI=1S/C25H22BrFN4O4/c26-17-6-11-22(35-15-23(32)28-19-4-2-1-3-5-19)21(13-17)29-30-25(34)16-12-24(33)31(14-16)20-9-7-18(27)8-10-20/h1-11,13,16,29H,12,14-15H2,(H,28,32)(H,30,34)/t16-/m0/s1. The zero-order valence-electron chi connectivity index (χ0n) is 18.5. The van der Waals surface area contributed by atoms with Crippen LogP contribution in [0.25, 0.3) is 0 Å². The molecule has 1 saturated heterocycles. The average Bonchev–Trinajstić information content (AvgIpc) is 3.24. The van der Waals surface area contributed by atoms with E-state index >= 15 is 0 Å². The van der Waals surface area contributed by atoms with E-state index in [9.17, 15) is 18.8 Å². The molecule has 8 nitrogen and oxygen atoms in total. The van der Waals surface area contributed by atoms with Crippen LogP contribution in [0.3, 0.4) is 0 Å². The molecule has 0 aliphatic carbocycles. The Morgan fingerprint density at radius 1 is 1.06 bits per heavy atom. The predicted octanol–water partition coefficient (Wildman–Crippen LogP) is 4.10. The van der Waals surface area contributed by atoms with E-state index in [0.717, 1.165) is 4.47 Å². The first kappa shape index (κ1) is 24.2. The number of benzene rings is 3. The second-order valence-corrected chi connectivity index (χ2v) is 8.76. The Balaban J connectivity index is 1.34. The minimum atomic E-state index is -0.590. The van der Waals surface area contributed by atoms with E-state index in [2.05, 4.69) is 32.1 Å². The van der Waals surface area contributed by atoms with Crippen LogP contribution in [0.15, 0.2) is 77.3 Å². The highest BCUT2D eigenvalue weighted by atomic mass is 79.9. The van der Waals surface area contributed by atoms with Crippen LogP contribution in [0.1, 0.15) is 6.42 Å². The van der Waals surface area contributed by atoms with Crippen LogP contribution in [-0.4, -0.2) is 30.9 Å². The molecular weight excluding hydrogens is 519 g/mol. The molecule has 1 aliphatic rings. The fourth-order valence-corrected chi connectivity index (χ4v) is 3.93. The van der Waals surface area contributed by atoms with Crippen molar-refractivity contribution in [2.45, 2.75) is 6.42 Å². The summed E-state index contributed by atoms with van der Waals surface area (Å²) in [6.45, 7) is -0.0532. The van der Waals surface area contributed by atoms with Crippen LogP contribution in [0, 0.1) is 11.7 Å². The van der Waals surface area contributed by atoms with Gasteiger partial charge in [0.1, 0.15) is 11.6 Å². The van der Waals surface area contributed by atoms with Crippen molar-refractivity contribution in [2.24, 2.45) is 5.92 Å². The number of anilines is 3. The molecule has 1 heterocycles. The van der Waals surface area contributed by atoms with Crippen molar-refractivity contribution < 1.29 is 23.5 Å². The molecule has 0 bridgehead atoms. The summed E-state index contributed by atoms with van der Waals surface area (Å²) in [5.74, 6) is -1.56. The van der Waals surface area contributed by atoms with Gasteiger partial charge in [-0.1, -0.05) is 34.1 Å². The van der Waals surface area contributed by atoms with Gasteiger partial charge in [-0.3, -0.25) is 25.2 Å². The van der Waals surface area contributed by atoms with Crippen LogP contribution in [0.4, 0.5) is 21.5 Å². The Morgan fingerprint density at radius 2 is 1.80 bits per heavy atom. The Labute approximate surface area is 209 Å². The first-order valence-corrected chi connectivity index (χ1v) is 11.6. The fraction of sp³-hybridized carbons (Fsp3) is 0.160. The van der Waals surface area contributed by atoms with Crippen LogP contribution < -0.4 is 25.8 Å². The Hall–Kier alpha value is -3.92.